The summed E-state index contributed by atoms with van der Waals surface area (Å²) in [5.74, 6) is 1.13. The monoisotopic (exact) mass is 217 g/mol. The third-order valence-electron chi connectivity index (χ3n) is 2.37. The third-order valence-corrected chi connectivity index (χ3v) is 2.37. The standard InChI is InChI=1S/C13H15NO2/c1-4-5-11(9-14)10-6-7-12(15-2)13(8-10)16-3/h4,6-8,11H,1,5H2,2-3H3. The van der Waals surface area contributed by atoms with Crippen LogP contribution in [0, 0.1) is 11.3 Å². The minimum Gasteiger partial charge on any atom is -0.493 e. The van der Waals surface area contributed by atoms with Gasteiger partial charge in [-0.25, -0.2) is 0 Å². The molecule has 1 aromatic rings. The van der Waals surface area contributed by atoms with Crippen molar-refractivity contribution in [3.05, 3.63) is 36.4 Å². The van der Waals surface area contributed by atoms with E-state index in [2.05, 4.69) is 12.6 Å². The highest BCUT2D eigenvalue weighted by atomic mass is 16.5. The normalized spacial score (nSPS) is 11.3. The molecule has 0 aromatic heterocycles. The zero-order valence-electron chi connectivity index (χ0n) is 9.56. The largest absolute Gasteiger partial charge is 0.493 e. The van der Waals surface area contributed by atoms with Crippen LogP contribution in [0.25, 0.3) is 0 Å². The van der Waals surface area contributed by atoms with Gasteiger partial charge in [-0.05, 0) is 24.1 Å². The number of hydrogen-bond donors (Lipinski definition) is 0. The van der Waals surface area contributed by atoms with Gasteiger partial charge in [0.15, 0.2) is 11.5 Å². The molecule has 0 saturated heterocycles. The molecule has 1 aromatic carbocycles. The average Bonchev–Trinajstić information content (AvgIpc) is 2.35. The Labute approximate surface area is 95.9 Å². The lowest BCUT2D eigenvalue weighted by molar-refractivity contribution is 0.354. The molecule has 3 heteroatoms. The SMILES string of the molecule is C=CCC(C#N)c1ccc(OC)c(OC)c1. The van der Waals surface area contributed by atoms with Gasteiger partial charge < -0.3 is 9.47 Å². The molecule has 0 aliphatic rings. The van der Waals surface area contributed by atoms with Gasteiger partial charge in [-0.1, -0.05) is 12.1 Å². The highest BCUT2D eigenvalue weighted by Crippen LogP contribution is 2.31. The first-order chi connectivity index (χ1) is 7.76. The van der Waals surface area contributed by atoms with E-state index in [0.29, 0.717) is 17.9 Å². The van der Waals surface area contributed by atoms with E-state index in [1.807, 2.05) is 18.2 Å². The van der Waals surface area contributed by atoms with E-state index in [1.165, 1.54) is 0 Å². The number of ether oxygens (including phenoxy) is 2. The lowest BCUT2D eigenvalue weighted by Gasteiger charge is -2.11. The Morgan fingerprint density at radius 3 is 2.56 bits per heavy atom. The van der Waals surface area contributed by atoms with Crippen molar-refractivity contribution >= 4 is 0 Å². The summed E-state index contributed by atoms with van der Waals surface area (Å²) in [4.78, 5) is 0. The number of rotatable bonds is 5. The molecular formula is C13H15NO2. The first-order valence-corrected chi connectivity index (χ1v) is 4.99. The molecule has 16 heavy (non-hydrogen) atoms. The minimum absolute atomic E-state index is 0.183. The zero-order valence-corrected chi connectivity index (χ0v) is 9.56. The van der Waals surface area contributed by atoms with Gasteiger partial charge in [0.05, 0.1) is 26.2 Å². The number of allylic oxidation sites excluding steroid dienone is 1. The molecular weight excluding hydrogens is 202 g/mol. The van der Waals surface area contributed by atoms with Gasteiger partial charge in [-0.2, -0.15) is 5.26 Å². The fraction of sp³-hybridized carbons (Fsp3) is 0.308. The molecule has 0 aliphatic carbocycles. The van der Waals surface area contributed by atoms with Crippen LogP contribution in [0.1, 0.15) is 17.9 Å². The Morgan fingerprint density at radius 2 is 2.06 bits per heavy atom. The van der Waals surface area contributed by atoms with Crippen LogP contribution in [0.3, 0.4) is 0 Å². The molecule has 0 N–H and O–H groups in total. The Hall–Kier alpha value is -1.95. The maximum Gasteiger partial charge on any atom is 0.161 e. The topological polar surface area (TPSA) is 42.2 Å². The number of hydrogen-bond acceptors (Lipinski definition) is 3. The second-order valence-electron chi connectivity index (χ2n) is 3.32. The zero-order chi connectivity index (χ0) is 12.0. The van der Waals surface area contributed by atoms with Gasteiger partial charge in [-0.15, -0.1) is 6.58 Å². The minimum atomic E-state index is -0.183. The van der Waals surface area contributed by atoms with Crippen LogP contribution in [0.5, 0.6) is 11.5 Å². The first-order valence-electron chi connectivity index (χ1n) is 4.99. The molecule has 0 amide bonds. The Bertz CT molecular complexity index is 407. The Balaban J connectivity index is 3.06. The summed E-state index contributed by atoms with van der Waals surface area (Å²) < 4.78 is 10.3. The van der Waals surface area contributed by atoms with E-state index in [1.54, 1.807) is 20.3 Å². The van der Waals surface area contributed by atoms with E-state index in [-0.39, 0.29) is 5.92 Å². The van der Waals surface area contributed by atoms with E-state index in [0.717, 1.165) is 5.56 Å². The lowest BCUT2D eigenvalue weighted by atomic mass is 9.97. The molecule has 0 bridgehead atoms. The summed E-state index contributed by atoms with van der Waals surface area (Å²) in [6, 6.07) is 7.75. The van der Waals surface area contributed by atoms with Crippen molar-refractivity contribution in [1.29, 1.82) is 5.26 Å². The average molecular weight is 217 g/mol. The second-order valence-corrected chi connectivity index (χ2v) is 3.32. The fourth-order valence-corrected chi connectivity index (χ4v) is 1.50. The Kier molecular flexibility index (Phi) is 4.41. The summed E-state index contributed by atoms with van der Waals surface area (Å²) >= 11 is 0. The van der Waals surface area contributed by atoms with Crippen LogP contribution in [0.4, 0.5) is 0 Å². The highest BCUT2D eigenvalue weighted by Gasteiger charge is 2.12. The number of nitriles is 1. The highest BCUT2D eigenvalue weighted by molar-refractivity contribution is 5.45. The first kappa shape index (κ1) is 12.1. The fourth-order valence-electron chi connectivity index (χ4n) is 1.50. The van der Waals surface area contributed by atoms with Crippen molar-refractivity contribution in [2.75, 3.05) is 14.2 Å². The van der Waals surface area contributed by atoms with Crippen LogP contribution in [-0.4, -0.2) is 14.2 Å². The predicted octanol–water partition coefficient (Wildman–Crippen LogP) is 2.89. The number of nitrogens with zero attached hydrogens (tertiary/aromatic N) is 1. The maximum absolute atomic E-state index is 9.03. The molecule has 0 fully saturated rings. The molecule has 0 heterocycles. The van der Waals surface area contributed by atoms with Crippen molar-refractivity contribution in [3.8, 4) is 17.6 Å². The van der Waals surface area contributed by atoms with Crippen molar-refractivity contribution in [2.45, 2.75) is 12.3 Å². The van der Waals surface area contributed by atoms with E-state index in [9.17, 15) is 0 Å². The van der Waals surface area contributed by atoms with Gasteiger partial charge in [0.25, 0.3) is 0 Å². The predicted molar refractivity (Wildman–Crippen MR) is 62.7 cm³/mol. The maximum atomic E-state index is 9.03. The van der Waals surface area contributed by atoms with Crippen molar-refractivity contribution in [3.63, 3.8) is 0 Å². The van der Waals surface area contributed by atoms with Crippen molar-refractivity contribution in [1.82, 2.24) is 0 Å². The summed E-state index contributed by atoms with van der Waals surface area (Å²) in [6.07, 6.45) is 2.37. The lowest BCUT2D eigenvalue weighted by Crippen LogP contribution is -1.97. The summed E-state index contributed by atoms with van der Waals surface area (Å²) in [5.41, 5.74) is 0.917. The molecule has 0 radical (unpaired) electrons. The summed E-state index contributed by atoms with van der Waals surface area (Å²) in [7, 11) is 3.17. The third kappa shape index (κ3) is 2.54. The summed E-state index contributed by atoms with van der Waals surface area (Å²) in [6.45, 7) is 3.64. The van der Waals surface area contributed by atoms with Gasteiger partial charge in [0, 0.05) is 0 Å². The quantitative estimate of drug-likeness (QED) is 0.712. The molecule has 3 nitrogen and oxygen atoms in total. The van der Waals surface area contributed by atoms with Crippen LogP contribution < -0.4 is 9.47 Å². The van der Waals surface area contributed by atoms with Gasteiger partial charge in [-0.3, -0.25) is 0 Å². The van der Waals surface area contributed by atoms with Crippen LogP contribution in [0.15, 0.2) is 30.9 Å². The second kappa shape index (κ2) is 5.82. The van der Waals surface area contributed by atoms with Gasteiger partial charge >= 0.3 is 0 Å². The molecule has 1 unspecified atom stereocenters. The smallest absolute Gasteiger partial charge is 0.161 e. The van der Waals surface area contributed by atoms with Crippen LogP contribution in [0.2, 0.25) is 0 Å². The van der Waals surface area contributed by atoms with Crippen molar-refractivity contribution < 1.29 is 9.47 Å². The number of benzene rings is 1. The molecule has 0 spiro atoms. The van der Waals surface area contributed by atoms with E-state index in [4.69, 9.17) is 14.7 Å². The van der Waals surface area contributed by atoms with E-state index < -0.39 is 0 Å². The molecule has 1 rings (SSSR count). The van der Waals surface area contributed by atoms with Gasteiger partial charge in [0.1, 0.15) is 0 Å². The molecule has 0 aliphatic heterocycles. The Morgan fingerprint density at radius 1 is 1.38 bits per heavy atom. The van der Waals surface area contributed by atoms with Crippen LogP contribution in [-0.2, 0) is 0 Å². The number of methoxy groups -OCH3 is 2. The molecule has 84 valence electrons. The van der Waals surface area contributed by atoms with Gasteiger partial charge in [0.2, 0.25) is 0 Å². The van der Waals surface area contributed by atoms with Crippen LogP contribution >= 0.6 is 0 Å². The summed E-state index contributed by atoms with van der Waals surface area (Å²) in [5, 5.41) is 9.03. The molecule has 0 saturated carbocycles. The van der Waals surface area contributed by atoms with Crippen molar-refractivity contribution in [2.24, 2.45) is 0 Å². The van der Waals surface area contributed by atoms with E-state index >= 15 is 0 Å². The molecule has 1 atom stereocenters.